The second-order valence-corrected chi connectivity index (χ2v) is 6.83. The number of nitro benzene ring substituents is 1. The second kappa shape index (κ2) is 6.34. The van der Waals surface area contributed by atoms with Gasteiger partial charge in [0.15, 0.2) is 0 Å². The van der Waals surface area contributed by atoms with Crippen molar-refractivity contribution in [3.8, 4) is 0 Å². The van der Waals surface area contributed by atoms with Crippen LogP contribution in [0.1, 0.15) is 18.3 Å². The number of nitrogens with two attached hydrogens (primary N) is 1. The van der Waals surface area contributed by atoms with E-state index in [1.165, 1.54) is 12.1 Å². The van der Waals surface area contributed by atoms with Gasteiger partial charge in [-0.25, -0.2) is 13.6 Å². The van der Waals surface area contributed by atoms with E-state index in [0.29, 0.717) is 6.42 Å². The maximum atomic E-state index is 11.3. The van der Waals surface area contributed by atoms with Gasteiger partial charge in [-0.3, -0.25) is 15.2 Å². The van der Waals surface area contributed by atoms with Crippen LogP contribution in [-0.2, 0) is 16.4 Å². The standard InChI is InChI=1S/C13H17N5O4S/c1-8(5-10-6-9(2)16-17-10)15-12-4-3-11(23(14,21)22)7-13(12)18(19)20/h3-4,6-8,15H,5H2,1-2H3,(H,16,17)(H2,14,21,22). The van der Waals surface area contributed by atoms with Gasteiger partial charge < -0.3 is 5.32 Å². The third-order valence-electron chi connectivity index (χ3n) is 3.17. The first kappa shape index (κ1) is 16.9. The summed E-state index contributed by atoms with van der Waals surface area (Å²) in [6, 6.07) is 5.26. The van der Waals surface area contributed by atoms with Crippen LogP contribution in [0.25, 0.3) is 0 Å². The molecular formula is C13H17N5O4S. The highest BCUT2D eigenvalue weighted by atomic mass is 32.2. The van der Waals surface area contributed by atoms with Gasteiger partial charge in [0.2, 0.25) is 10.0 Å². The van der Waals surface area contributed by atoms with Crippen LogP contribution in [0.4, 0.5) is 11.4 Å². The number of aromatic amines is 1. The highest BCUT2D eigenvalue weighted by molar-refractivity contribution is 7.89. The van der Waals surface area contributed by atoms with Crippen molar-refractivity contribution in [3.63, 3.8) is 0 Å². The average molecular weight is 339 g/mol. The lowest BCUT2D eigenvalue weighted by Gasteiger charge is -2.14. The van der Waals surface area contributed by atoms with Crippen LogP contribution in [0.2, 0.25) is 0 Å². The first-order valence-electron chi connectivity index (χ1n) is 6.75. The van der Waals surface area contributed by atoms with Gasteiger partial charge in [-0.05, 0) is 32.0 Å². The fourth-order valence-electron chi connectivity index (χ4n) is 2.17. The van der Waals surface area contributed by atoms with Gasteiger partial charge in [0.05, 0.1) is 15.5 Å². The first-order valence-corrected chi connectivity index (χ1v) is 8.30. The number of benzene rings is 1. The molecular weight excluding hydrogens is 322 g/mol. The van der Waals surface area contributed by atoms with Crippen LogP contribution in [0, 0.1) is 17.0 Å². The zero-order valence-corrected chi connectivity index (χ0v) is 13.4. The molecule has 2 aromatic rings. The third kappa shape index (κ3) is 4.27. The number of nitrogens with zero attached hydrogens (tertiary/aromatic N) is 2. The Morgan fingerprint density at radius 2 is 2.13 bits per heavy atom. The number of aromatic nitrogens is 2. The van der Waals surface area contributed by atoms with E-state index in [0.717, 1.165) is 17.5 Å². The molecule has 0 saturated heterocycles. The lowest BCUT2D eigenvalue weighted by Crippen LogP contribution is -2.19. The van der Waals surface area contributed by atoms with Gasteiger partial charge in [0.1, 0.15) is 5.69 Å². The molecule has 0 spiro atoms. The number of nitrogens with one attached hydrogen (secondary N) is 2. The minimum atomic E-state index is -4.00. The topological polar surface area (TPSA) is 144 Å². The second-order valence-electron chi connectivity index (χ2n) is 5.27. The highest BCUT2D eigenvalue weighted by Crippen LogP contribution is 2.28. The lowest BCUT2D eigenvalue weighted by molar-refractivity contribution is -0.384. The molecule has 1 atom stereocenters. The molecule has 0 bridgehead atoms. The monoisotopic (exact) mass is 339 g/mol. The molecule has 0 aliphatic heterocycles. The van der Waals surface area contributed by atoms with Gasteiger partial charge >= 0.3 is 0 Å². The van der Waals surface area contributed by atoms with Crippen molar-refractivity contribution < 1.29 is 13.3 Å². The Balaban J connectivity index is 2.23. The summed E-state index contributed by atoms with van der Waals surface area (Å²) in [6.07, 6.45) is 0.554. The van der Waals surface area contributed by atoms with Crippen molar-refractivity contribution in [2.75, 3.05) is 5.32 Å². The summed E-state index contributed by atoms with van der Waals surface area (Å²) in [5, 5.41) is 26.1. The van der Waals surface area contributed by atoms with Crippen molar-refractivity contribution in [1.82, 2.24) is 10.2 Å². The maximum Gasteiger partial charge on any atom is 0.293 e. The van der Waals surface area contributed by atoms with Gasteiger partial charge in [-0.1, -0.05) is 0 Å². The van der Waals surface area contributed by atoms with E-state index in [2.05, 4.69) is 15.5 Å². The molecule has 0 amide bonds. The Morgan fingerprint density at radius 3 is 2.65 bits per heavy atom. The normalized spacial score (nSPS) is 12.8. The minimum absolute atomic E-state index is 0.142. The number of aryl methyl sites for hydroxylation is 1. The number of sulfonamides is 1. The van der Waals surface area contributed by atoms with Crippen LogP contribution >= 0.6 is 0 Å². The van der Waals surface area contributed by atoms with E-state index in [9.17, 15) is 18.5 Å². The summed E-state index contributed by atoms with van der Waals surface area (Å²) in [6.45, 7) is 3.73. The molecule has 9 nitrogen and oxygen atoms in total. The zero-order chi connectivity index (χ0) is 17.2. The molecule has 1 aromatic carbocycles. The SMILES string of the molecule is Cc1cc(CC(C)Nc2ccc(S(N)(=O)=O)cc2[N+](=O)[O-])n[nH]1. The predicted molar refractivity (Wildman–Crippen MR) is 84.6 cm³/mol. The van der Waals surface area contributed by atoms with Gasteiger partial charge in [-0.15, -0.1) is 0 Å². The van der Waals surface area contributed by atoms with Gasteiger partial charge in [-0.2, -0.15) is 5.10 Å². The molecule has 1 heterocycles. The summed E-state index contributed by atoms with van der Waals surface area (Å²) in [5.41, 5.74) is 1.63. The molecule has 0 aliphatic carbocycles. The number of hydrogen-bond acceptors (Lipinski definition) is 6. The van der Waals surface area contributed by atoms with Crippen LogP contribution < -0.4 is 10.5 Å². The fourth-order valence-corrected chi connectivity index (χ4v) is 2.70. The number of H-pyrrole nitrogens is 1. The van der Waals surface area contributed by atoms with E-state index in [1.54, 1.807) is 0 Å². The molecule has 4 N–H and O–H groups in total. The summed E-state index contributed by atoms with van der Waals surface area (Å²) in [4.78, 5) is 10.2. The van der Waals surface area contributed by atoms with Crippen molar-refractivity contribution in [1.29, 1.82) is 0 Å². The van der Waals surface area contributed by atoms with E-state index in [1.807, 2.05) is 19.9 Å². The van der Waals surface area contributed by atoms with Gasteiger partial charge in [0, 0.05) is 24.2 Å². The summed E-state index contributed by atoms with van der Waals surface area (Å²) in [5.74, 6) is 0. The van der Waals surface area contributed by atoms with Crippen molar-refractivity contribution >= 4 is 21.4 Å². The average Bonchev–Trinajstić information content (AvgIpc) is 2.82. The molecule has 124 valence electrons. The van der Waals surface area contributed by atoms with Crippen molar-refractivity contribution in [3.05, 3.63) is 45.8 Å². The highest BCUT2D eigenvalue weighted by Gasteiger charge is 2.20. The Bertz CT molecular complexity index is 831. The molecule has 0 fully saturated rings. The van der Waals surface area contributed by atoms with Crippen LogP contribution in [0.5, 0.6) is 0 Å². The maximum absolute atomic E-state index is 11.3. The number of anilines is 1. The largest absolute Gasteiger partial charge is 0.377 e. The van der Waals surface area contributed by atoms with Crippen LogP contribution in [-0.4, -0.2) is 29.6 Å². The van der Waals surface area contributed by atoms with E-state index >= 15 is 0 Å². The van der Waals surface area contributed by atoms with Gasteiger partial charge in [0.25, 0.3) is 5.69 Å². The number of hydrogen-bond donors (Lipinski definition) is 3. The fraction of sp³-hybridized carbons (Fsp3) is 0.308. The quantitative estimate of drug-likeness (QED) is 0.534. The van der Waals surface area contributed by atoms with E-state index in [-0.39, 0.29) is 22.3 Å². The Labute approximate surface area is 133 Å². The molecule has 0 aliphatic rings. The van der Waals surface area contributed by atoms with E-state index < -0.39 is 14.9 Å². The first-order chi connectivity index (χ1) is 10.7. The van der Waals surface area contributed by atoms with Crippen LogP contribution in [0.15, 0.2) is 29.2 Å². The van der Waals surface area contributed by atoms with Crippen LogP contribution in [0.3, 0.4) is 0 Å². The zero-order valence-electron chi connectivity index (χ0n) is 12.6. The Kier molecular flexibility index (Phi) is 4.66. The summed E-state index contributed by atoms with van der Waals surface area (Å²) < 4.78 is 22.6. The smallest absolute Gasteiger partial charge is 0.293 e. The number of rotatable bonds is 6. The molecule has 0 saturated carbocycles. The predicted octanol–water partition coefficient (Wildman–Crippen LogP) is 1.32. The summed E-state index contributed by atoms with van der Waals surface area (Å²) in [7, 11) is -4.00. The molecule has 0 radical (unpaired) electrons. The van der Waals surface area contributed by atoms with Crippen molar-refractivity contribution in [2.24, 2.45) is 5.14 Å². The number of primary sulfonamides is 1. The lowest BCUT2D eigenvalue weighted by atomic mass is 10.1. The van der Waals surface area contributed by atoms with Crippen molar-refractivity contribution in [2.45, 2.75) is 31.2 Å². The molecule has 10 heteroatoms. The number of nitro groups is 1. The Hall–Kier alpha value is -2.46. The molecule has 1 unspecified atom stereocenters. The molecule has 23 heavy (non-hydrogen) atoms. The van der Waals surface area contributed by atoms with E-state index in [4.69, 9.17) is 5.14 Å². The third-order valence-corrected chi connectivity index (χ3v) is 4.08. The molecule has 1 aromatic heterocycles. The summed E-state index contributed by atoms with van der Waals surface area (Å²) >= 11 is 0. The Morgan fingerprint density at radius 1 is 1.43 bits per heavy atom. The molecule has 2 rings (SSSR count). The minimum Gasteiger partial charge on any atom is -0.377 e.